The van der Waals surface area contributed by atoms with Crippen LogP contribution in [0.4, 0.5) is 11.6 Å². The van der Waals surface area contributed by atoms with Crippen LogP contribution >= 0.6 is 24.0 Å². The average molecular weight is 507 g/mol. The molecule has 0 aromatic carbocycles. The molecule has 1 N–H and O–H groups in total. The van der Waals surface area contributed by atoms with E-state index in [2.05, 4.69) is 53.2 Å². The molecular weight excluding hydrogens is 477 g/mol. The maximum absolute atomic E-state index is 4.54. The largest absolute Gasteiger partial charge is 0.357 e. The van der Waals surface area contributed by atoms with Crippen LogP contribution in [0.25, 0.3) is 0 Å². The van der Waals surface area contributed by atoms with Crippen molar-refractivity contribution in [3.8, 4) is 0 Å². The number of hydrogen-bond donors (Lipinski definition) is 1. The van der Waals surface area contributed by atoms with Crippen molar-refractivity contribution in [3.05, 3.63) is 48.3 Å². The van der Waals surface area contributed by atoms with Crippen molar-refractivity contribution < 1.29 is 0 Å². The van der Waals surface area contributed by atoms with E-state index in [-0.39, 0.29) is 24.0 Å². The minimum atomic E-state index is 0. The number of aromatic nitrogens is 2. The number of nitrogens with one attached hydrogen (secondary N) is 1. The quantitative estimate of drug-likeness (QED) is 0.390. The molecule has 0 atom stereocenters. The molecule has 4 rings (SSSR count). The Morgan fingerprint density at radius 3 is 2.34 bits per heavy atom. The van der Waals surface area contributed by atoms with Crippen LogP contribution in [0.3, 0.4) is 0 Å². The molecule has 0 amide bonds. The lowest BCUT2D eigenvalue weighted by atomic mass is 10.2. The van der Waals surface area contributed by atoms with E-state index in [9.17, 15) is 0 Å². The molecule has 2 aromatic rings. The fraction of sp³-hybridized carbons (Fsp3) is 0.476. The van der Waals surface area contributed by atoms with Gasteiger partial charge in [0, 0.05) is 65.3 Å². The molecule has 29 heavy (non-hydrogen) atoms. The Kier molecular flexibility index (Phi) is 7.91. The highest BCUT2D eigenvalue weighted by Crippen LogP contribution is 2.18. The lowest BCUT2D eigenvalue weighted by Gasteiger charge is -2.37. The second-order valence-corrected chi connectivity index (χ2v) is 7.28. The van der Waals surface area contributed by atoms with Crippen LogP contribution in [-0.2, 0) is 6.54 Å². The molecule has 2 aliphatic rings. The molecule has 0 radical (unpaired) electrons. The molecular formula is C21H30IN7. The van der Waals surface area contributed by atoms with Crippen molar-refractivity contribution in [3.63, 3.8) is 0 Å². The normalized spacial score (nSPS) is 17.3. The third-order valence-electron chi connectivity index (χ3n) is 5.45. The average Bonchev–Trinajstić information content (AvgIpc) is 3.31. The fourth-order valence-corrected chi connectivity index (χ4v) is 3.89. The summed E-state index contributed by atoms with van der Waals surface area (Å²) in [4.78, 5) is 20.5. The summed E-state index contributed by atoms with van der Waals surface area (Å²) in [5.41, 5.74) is 1.24. The summed E-state index contributed by atoms with van der Waals surface area (Å²) >= 11 is 0. The lowest BCUT2D eigenvalue weighted by molar-refractivity contribution is 0.371. The summed E-state index contributed by atoms with van der Waals surface area (Å²) in [5, 5.41) is 3.52. The number of anilines is 2. The van der Waals surface area contributed by atoms with Gasteiger partial charge in [-0.25, -0.2) is 9.97 Å². The molecule has 2 aliphatic heterocycles. The summed E-state index contributed by atoms with van der Waals surface area (Å²) in [6.45, 7) is 6.77. The summed E-state index contributed by atoms with van der Waals surface area (Å²) in [7, 11) is 1.86. The van der Waals surface area contributed by atoms with Crippen LogP contribution in [0.15, 0.2) is 47.7 Å². The summed E-state index contributed by atoms with van der Waals surface area (Å²) < 4.78 is 0. The number of piperazine rings is 1. The van der Waals surface area contributed by atoms with Gasteiger partial charge in [-0.15, -0.1) is 24.0 Å². The van der Waals surface area contributed by atoms with Gasteiger partial charge in [0.25, 0.3) is 0 Å². The SMILES string of the molecule is CN=C(NCc1ccnc(N2CCCC2)c1)N1CCN(c2ccccn2)CC1.I. The molecule has 0 saturated carbocycles. The van der Waals surface area contributed by atoms with Gasteiger partial charge in [-0.05, 0) is 42.7 Å². The third kappa shape index (κ3) is 5.49. The molecule has 0 spiro atoms. The third-order valence-corrected chi connectivity index (χ3v) is 5.45. The molecule has 7 nitrogen and oxygen atoms in total. The van der Waals surface area contributed by atoms with Gasteiger partial charge in [-0.2, -0.15) is 0 Å². The van der Waals surface area contributed by atoms with Gasteiger partial charge in [0.15, 0.2) is 5.96 Å². The Morgan fingerprint density at radius 2 is 1.66 bits per heavy atom. The Balaban J connectivity index is 0.00000240. The molecule has 8 heteroatoms. The van der Waals surface area contributed by atoms with E-state index in [1.54, 1.807) is 0 Å². The van der Waals surface area contributed by atoms with Gasteiger partial charge < -0.3 is 20.0 Å². The Hall–Kier alpha value is -2.10. The highest BCUT2D eigenvalue weighted by atomic mass is 127. The minimum Gasteiger partial charge on any atom is -0.357 e. The van der Waals surface area contributed by atoms with Crippen LogP contribution in [0.1, 0.15) is 18.4 Å². The van der Waals surface area contributed by atoms with E-state index in [4.69, 9.17) is 0 Å². The zero-order valence-electron chi connectivity index (χ0n) is 17.0. The lowest BCUT2D eigenvalue weighted by Crippen LogP contribution is -2.52. The van der Waals surface area contributed by atoms with Crippen molar-refractivity contribution in [1.82, 2.24) is 20.2 Å². The van der Waals surface area contributed by atoms with E-state index in [0.29, 0.717) is 0 Å². The van der Waals surface area contributed by atoms with Gasteiger partial charge >= 0.3 is 0 Å². The van der Waals surface area contributed by atoms with Crippen LogP contribution in [0.5, 0.6) is 0 Å². The van der Waals surface area contributed by atoms with E-state index in [1.165, 1.54) is 18.4 Å². The maximum Gasteiger partial charge on any atom is 0.194 e. The van der Waals surface area contributed by atoms with Crippen molar-refractivity contribution >= 4 is 41.6 Å². The van der Waals surface area contributed by atoms with Crippen molar-refractivity contribution in [2.45, 2.75) is 19.4 Å². The second-order valence-electron chi connectivity index (χ2n) is 7.28. The Labute approximate surface area is 190 Å². The van der Waals surface area contributed by atoms with Crippen molar-refractivity contribution in [2.75, 3.05) is 56.1 Å². The molecule has 156 valence electrons. The van der Waals surface area contributed by atoms with Gasteiger partial charge in [0.1, 0.15) is 11.6 Å². The summed E-state index contributed by atoms with van der Waals surface area (Å²) in [6.07, 6.45) is 6.30. The number of hydrogen-bond acceptors (Lipinski definition) is 5. The van der Waals surface area contributed by atoms with E-state index in [1.807, 2.05) is 31.6 Å². The number of halogens is 1. The monoisotopic (exact) mass is 507 g/mol. The molecule has 0 aliphatic carbocycles. The van der Waals surface area contributed by atoms with E-state index >= 15 is 0 Å². The first-order valence-electron chi connectivity index (χ1n) is 10.1. The molecule has 0 unspecified atom stereocenters. The molecule has 2 saturated heterocycles. The molecule has 0 bridgehead atoms. The molecule has 2 fully saturated rings. The van der Waals surface area contributed by atoms with Crippen LogP contribution in [0.2, 0.25) is 0 Å². The van der Waals surface area contributed by atoms with Gasteiger partial charge in [0.05, 0.1) is 0 Å². The number of rotatable bonds is 4. The maximum atomic E-state index is 4.54. The number of guanidine groups is 1. The van der Waals surface area contributed by atoms with Crippen LogP contribution < -0.4 is 15.1 Å². The number of pyridine rings is 2. The second kappa shape index (κ2) is 10.6. The van der Waals surface area contributed by atoms with Gasteiger partial charge in [0.2, 0.25) is 0 Å². The first-order valence-corrected chi connectivity index (χ1v) is 10.1. The molecule has 4 heterocycles. The number of nitrogens with zero attached hydrogens (tertiary/aromatic N) is 6. The summed E-state index contributed by atoms with van der Waals surface area (Å²) in [6, 6.07) is 10.4. The molecule has 2 aromatic heterocycles. The van der Waals surface area contributed by atoms with Crippen LogP contribution in [0, 0.1) is 0 Å². The van der Waals surface area contributed by atoms with Gasteiger partial charge in [-0.3, -0.25) is 4.99 Å². The van der Waals surface area contributed by atoms with Crippen molar-refractivity contribution in [2.24, 2.45) is 4.99 Å². The predicted octanol–water partition coefficient (Wildman–Crippen LogP) is 2.59. The summed E-state index contributed by atoms with van der Waals surface area (Å²) in [5.74, 6) is 3.10. The number of aliphatic imine (C=N–C) groups is 1. The minimum absolute atomic E-state index is 0. The smallest absolute Gasteiger partial charge is 0.194 e. The van der Waals surface area contributed by atoms with E-state index in [0.717, 1.165) is 63.4 Å². The zero-order valence-corrected chi connectivity index (χ0v) is 19.3. The Morgan fingerprint density at radius 1 is 0.931 bits per heavy atom. The fourth-order valence-electron chi connectivity index (χ4n) is 3.89. The van der Waals surface area contributed by atoms with Gasteiger partial charge in [-0.1, -0.05) is 6.07 Å². The first-order chi connectivity index (χ1) is 13.8. The van der Waals surface area contributed by atoms with Crippen LogP contribution in [-0.4, -0.2) is 67.1 Å². The first kappa shape index (κ1) is 21.6. The topological polar surface area (TPSA) is 59.9 Å². The zero-order chi connectivity index (χ0) is 19.2. The van der Waals surface area contributed by atoms with Crippen molar-refractivity contribution in [1.29, 1.82) is 0 Å². The van der Waals surface area contributed by atoms with E-state index < -0.39 is 0 Å². The highest BCUT2D eigenvalue weighted by molar-refractivity contribution is 14.0. The highest BCUT2D eigenvalue weighted by Gasteiger charge is 2.20. The Bertz CT molecular complexity index is 785. The predicted molar refractivity (Wildman–Crippen MR) is 129 cm³/mol. The standard InChI is InChI=1S/C21H29N7.HI/c1-22-21(28-14-12-27(13-15-28)19-6-2-3-8-23-19)25-17-18-7-9-24-20(16-18)26-10-4-5-11-26;/h2-3,6-9,16H,4-5,10-15,17H2,1H3,(H,22,25);1H.